The Hall–Kier alpha value is -1.06. The van der Waals surface area contributed by atoms with Crippen molar-refractivity contribution in [1.82, 2.24) is 0 Å². The highest BCUT2D eigenvalue weighted by molar-refractivity contribution is 5.69. The first-order valence-electron chi connectivity index (χ1n) is 6.02. The fraction of sp³-hybridized carbons (Fsp3) is 0.833. The summed E-state index contributed by atoms with van der Waals surface area (Å²) < 4.78 is 9.64. The third kappa shape index (κ3) is 1.60. The van der Waals surface area contributed by atoms with Crippen molar-refractivity contribution in [2.24, 2.45) is 17.8 Å². The molecule has 0 heterocycles. The van der Waals surface area contributed by atoms with E-state index in [1.54, 1.807) is 0 Å². The molecule has 0 aromatic heterocycles. The molecule has 16 heavy (non-hydrogen) atoms. The zero-order chi connectivity index (χ0) is 11.2. The Labute approximate surface area is 94.3 Å². The second-order valence-electron chi connectivity index (χ2n) is 5.67. The molecule has 0 saturated heterocycles. The SMILES string of the molecule is O=COC(=O)OC12CC3CC(CC(C3)C1)C2. The Bertz CT molecular complexity index is 288. The molecule has 4 aliphatic rings. The maximum atomic E-state index is 11.3. The van der Waals surface area contributed by atoms with E-state index in [1.165, 1.54) is 19.3 Å². The Morgan fingerprint density at radius 3 is 2.00 bits per heavy atom. The lowest BCUT2D eigenvalue weighted by molar-refractivity contribution is -0.148. The molecular weight excluding hydrogens is 208 g/mol. The summed E-state index contributed by atoms with van der Waals surface area (Å²) in [5, 5.41) is 0. The average molecular weight is 224 g/mol. The van der Waals surface area contributed by atoms with Crippen molar-refractivity contribution in [3.8, 4) is 0 Å². The molecule has 88 valence electrons. The summed E-state index contributed by atoms with van der Waals surface area (Å²) in [5.74, 6) is 2.15. The van der Waals surface area contributed by atoms with Crippen LogP contribution >= 0.6 is 0 Å². The lowest BCUT2D eigenvalue weighted by Crippen LogP contribution is -2.52. The summed E-state index contributed by atoms with van der Waals surface area (Å²) in [6.07, 6.45) is 5.96. The highest BCUT2D eigenvalue weighted by Gasteiger charge is 2.53. The van der Waals surface area contributed by atoms with E-state index < -0.39 is 6.16 Å². The van der Waals surface area contributed by atoms with E-state index >= 15 is 0 Å². The molecule has 0 aromatic carbocycles. The van der Waals surface area contributed by atoms with E-state index in [9.17, 15) is 9.59 Å². The van der Waals surface area contributed by atoms with Crippen molar-refractivity contribution in [3.05, 3.63) is 0 Å². The van der Waals surface area contributed by atoms with E-state index in [2.05, 4.69) is 4.74 Å². The van der Waals surface area contributed by atoms with Crippen LogP contribution in [0.1, 0.15) is 38.5 Å². The molecule has 0 aromatic rings. The zero-order valence-corrected chi connectivity index (χ0v) is 9.19. The zero-order valence-electron chi connectivity index (χ0n) is 9.19. The molecule has 0 atom stereocenters. The van der Waals surface area contributed by atoms with Crippen molar-refractivity contribution in [3.63, 3.8) is 0 Å². The van der Waals surface area contributed by atoms with Crippen LogP contribution in [-0.4, -0.2) is 18.2 Å². The van der Waals surface area contributed by atoms with Crippen molar-refractivity contribution in [2.45, 2.75) is 44.1 Å². The Kier molecular flexibility index (Phi) is 2.19. The van der Waals surface area contributed by atoms with Crippen LogP contribution in [0.4, 0.5) is 4.79 Å². The predicted molar refractivity (Wildman–Crippen MR) is 54.5 cm³/mol. The van der Waals surface area contributed by atoms with Gasteiger partial charge in [-0.15, -0.1) is 0 Å². The normalized spacial score (nSPS) is 44.1. The summed E-state index contributed by atoms with van der Waals surface area (Å²) in [5.41, 5.74) is -0.311. The average Bonchev–Trinajstić information content (AvgIpc) is 2.13. The lowest BCUT2D eigenvalue weighted by atomic mass is 9.54. The van der Waals surface area contributed by atoms with Gasteiger partial charge in [0.05, 0.1) is 0 Å². The molecule has 0 spiro atoms. The molecule has 0 aliphatic heterocycles. The molecule has 0 amide bonds. The number of rotatable bonds is 2. The fourth-order valence-electron chi connectivity index (χ4n) is 4.40. The largest absolute Gasteiger partial charge is 0.516 e. The van der Waals surface area contributed by atoms with E-state index in [-0.39, 0.29) is 12.1 Å². The van der Waals surface area contributed by atoms with E-state index in [0.29, 0.717) is 0 Å². The van der Waals surface area contributed by atoms with Gasteiger partial charge in [-0.1, -0.05) is 0 Å². The first-order valence-corrected chi connectivity index (χ1v) is 6.02. The molecule has 4 fully saturated rings. The summed E-state index contributed by atoms with van der Waals surface area (Å²) in [6.45, 7) is 0.142. The summed E-state index contributed by atoms with van der Waals surface area (Å²) >= 11 is 0. The third-order valence-corrected chi connectivity index (χ3v) is 4.43. The molecule has 0 N–H and O–H groups in total. The van der Waals surface area contributed by atoms with Gasteiger partial charge in [-0.3, -0.25) is 4.79 Å². The van der Waals surface area contributed by atoms with Crippen LogP contribution < -0.4 is 0 Å². The first-order chi connectivity index (χ1) is 7.69. The van der Waals surface area contributed by atoms with Gasteiger partial charge in [-0.25, -0.2) is 4.79 Å². The standard InChI is InChI=1S/C12H16O4/c13-7-15-11(14)16-12-4-8-1-9(5-12)3-10(2-8)6-12/h7-10H,1-6H2. The minimum atomic E-state index is -0.822. The van der Waals surface area contributed by atoms with E-state index in [1.807, 2.05) is 0 Å². The van der Waals surface area contributed by atoms with Gasteiger partial charge >= 0.3 is 12.6 Å². The van der Waals surface area contributed by atoms with Gasteiger partial charge in [0.15, 0.2) is 0 Å². The van der Waals surface area contributed by atoms with Crippen LogP contribution in [0.15, 0.2) is 0 Å². The van der Waals surface area contributed by atoms with Crippen LogP contribution in [0.3, 0.4) is 0 Å². The Balaban J connectivity index is 1.73. The van der Waals surface area contributed by atoms with Crippen LogP contribution in [-0.2, 0) is 14.3 Å². The smallest absolute Gasteiger partial charge is 0.427 e. The highest BCUT2D eigenvalue weighted by atomic mass is 16.7. The molecule has 4 rings (SSSR count). The van der Waals surface area contributed by atoms with Crippen molar-refractivity contribution in [2.75, 3.05) is 0 Å². The van der Waals surface area contributed by atoms with Gasteiger partial charge in [0.1, 0.15) is 5.60 Å². The van der Waals surface area contributed by atoms with Crippen LogP contribution in [0, 0.1) is 17.8 Å². The molecular formula is C12H16O4. The topological polar surface area (TPSA) is 52.6 Å². The van der Waals surface area contributed by atoms with E-state index in [4.69, 9.17) is 4.74 Å². The second kappa shape index (κ2) is 3.47. The van der Waals surface area contributed by atoms with Crippen molar-refractivity contribution >= 4 is 12.6 Å². The van der Waals surface area contributed by atoms with Gasteiger partial charge in [-0.2, -0.15) is 0 Å². The van der Waals surface area contributed by atoms with Gasteiger partial charge in [0.25, 0.3) is 0 Å². The first kappa shape index (κ1) is 10.1. The number of hydrogen-bond acceptors (Lipinski definition) is 4. The molecule has 4 nitrogen and oxygen atoms in total. The minimum Gasteiger partial charge on any atom is -0.427 e. The fourth-order valence-corrected chi connectivity index (χ4v) is 4.40. The maximum absolute atomic E-state index is 11.3. The number of carbonyl (C=O) groups excluding carboxylic acids is 2. The molecule has 4 bridgehead atoms. The summed E-state index contributed by atoms with van der Waals surface area (Å²) in [4.78, 5) is 21.3. The molecule has 4 aliphatic carbocycles. The summed E-state index contributed by atoms with van der Waals surface area (Å²) in [7, 11) is 0. The number of carbonyl (C=O) groups is 2. The van der Waals surface area contributed by atoms with Crippen LogP contribution in [0.5, 0.6) is 0 Å². The quantitative estimate of drug-likeness (QED) is 0.410. The molecule has 4 saturated carbocycles. The van der Waals surface area contributed by atoms with Crippen molar-refractivity contribution in [1.29, 1.82) is 0 Å². The third-order valence-electron chi connectivity index (χ3n) is 4.43. The maximum Gasteiger partial charge on any atom is 0.516 e. The van der Waals surface area contributed by atoms with Crippen LogP contribution in [0.2, 0.25) is 0 Å². The lowest BCUT2D eigenvalue weighted by Gasteiger charge is -2.55. The molecule has 0 radical (unpaired) electrons. The van der Waals surface area contributed by atoms with Gasteiger partial charge in [0.2, 0.25) is 0 Å². The number of hydrogen-bond donors (Lipinski definition) is 0. The minimum absolute atomic E-state index is 0.142. The monoisotopic (exact) mass is 224 g/mol. The Morgan fingerprint density at radius 1 is 1.06 bits per heavy atom. The van der Waals surface area contributed by atoms with Crippen LogP contribution in [0.25, 0.3) is 0 Å². The highest BCUT2D eigenvalue weighted by Crippen LogP contribution is 2.57. The molecule has 4 heteroatoms. The van der Waals surface area contributed by atoms with Gasteiger partial charge in [-0.05, 0) is 56.3 Å². The number of ether oxygens (including phenoxy) is 2. The van der Waals surface area contributed by atoms with Crippen molar-refractivity contribution < 1.29 is 19.1 Å². The van der Waals surface area contributed by atoms with Gasteiger partial charge < -0.3 is 9.47 Å². The molecule has 0 unspecified atom stereocenters. The second-order valence-corrected chi connectivity index (χ2v) is 5.67. The summed E-state index contributed by atoms with van der Waals surface area (Å²) in [6, 6.07) is 0. The van der Waals surface area contributed by atoms with E-state index in [0.717, 1.165) is 37.0 Å². The predicted octanol–water partition coefficient (Wildman–Crippen LogP) is 2.26. The van der Waals surface area contributed by atoms with Gasteiger partial charge in [0, 0.05) is 0 Å². The Morgan fingerprint density at radius 2 is 1.56 bits per heavy atom.